The van der Waals surface area contributed by atoms with Gasteiger partial charge in [-0.25, -0.2) is 0 Å². The van der Waals surface area contributed by atoms with Crippen molar-refractivity contribution in [3.8, 4) is 0 Å². The SMILES string of the molecule is Nc1cnccc1C(=O)NCCC1CCCCC1. The van der Waals surface area contributed by atoms with Gasteiger partial charge in [-0.3, -0.25) is 9.78 Å². The van der Waals surface area contributed by atoms with Gasteiger partial charge in [-0.15, -0.1) is 0 Å². The number of nitrogens with zero attached hydrogens (tertiary/aromatic N) is 1. The molecule has 0 saturated heterocycles. The van der Waals surface area contributed by atoms with Crippen LogP contribution < -0.4 is 11.1 Å². The summed E-state index contributed by atoms with van der Waals surface area (Å²) >= 11 is 0. The lowest BCUT2D eigenvalue weighted by Gasteiger charge is -2.21. The Hall–Kier alpha value is -1.58. The number of carbonyl (C=O) groups excluding carboxylic acids is 1. The number of nitrogens with one attached hydrogen (secondary N) is 1. The average molecular weight is 247 g/mol. The topological polar surface area (TPSA) is 68.0 Å². The molecule has 2 rings (SSSR count). The Morgan fingerprint density at radius 1 is 1.39 bits per heavy atom. The van der Waals surface area contributed by atoms with Gasteiger partial charge in [-0.1, -0.05) is 32.1 Å². The van der Waals surface area contributed by atoms with Gasteiger partial charge in [-0.2, -0.15) is 0 Å². The van der Waals surface area contributed by atoms with Crippen molar-refractivity contribution < 1.29 is 4.79 Å². The van der Waals surface area contributed by atoms with Crippen LogP contribution in [0.2, 0.25) is 0 Å². The fourth-order valence-electron chi connectivity index (χ4n) is 2.57. The summed E-state index contributed by atoms with van der Waals surface area (Å²) in [6.45, 7) is 0.741. The van der Waals surface area contributed by atoms with Gasteiger partial charge < -0.3 is 11.1 Å². The molecule has 0 radical (unpaired) electrons. The molecular formula is C14H21N3O. The Bertz CT molecular complexity index is 400. The van der Waals surface area contributed by atoms with E-state index in [0.717, 1.165) is 18.9 Å². The Morgan fingerprint density at radius 3 is 2.89 bits per heavy atom. The highest BCUT2D eigenvalue weighted by Crippen LogP contribution is 2.25. The van der Waals surface area contributed by atoms with E-state index in [9.17, 15) is 4.79 Å². The lowest BCUT2D eigenvalue weighted by Crippen LogP contribution is -2.27. The molecule has 0 bridgehead atoms. The second-order valence-corrected chi connectivity index (χ2v) is 5.01. The van der Waals surface area contributed by atoms with Crippen LogP contribution in [0.5, 0.6) is 0 Å². The molecule has 1 aliphatic carbocycles. The van der Waals surface area contributed by atoms with Gasteiger partial charge in [0, 0.05) is 12.7 Å². The van der Waals surface area contributed by atoms with Gasteiger partial charge in [0.1, 0.15) is 0 Å². The van der Waals surface area contributed by atoms with E-state index < -0.39 is 0 Å². The molecule has 18 heavy (non-hydrogen) atoms. The van der Waals surface area contributed by atoms with E-state index in [0.29, 0.717) is 11.3 Å². The van der Waals surface area contributed by atoms with Crippen molar-refractivity contribution in [2.45, 2.75) is 38.5 Å². The second-order valence-electron chi connectivity index (χ2n) is 5.01. The molecule has 3 N–H and O–H groups in total. The maximum atomic E-state index is 11.9. The minimum absolute atomic E-state index is 0.0919. The largest absolute Gasteiger partial charge is 0.397 e. The molecule has 1 aromatic rings. The number of hydrogen-bond acceptors (Lipinski definition) is 3. The molecule has 98 valence electrons. The minimum Gasteiger partial charge on any atom is -0.397 e. The fraction of sp³-hybridized carbons (Fsp3) is 0.571. The number of pyridine rings is 1. The zero-order valence-corrected chi connectivity index (χ0v) is 10.7. The van der Waals surface area contributed by atoms with Crippen molar-refractivity contribution in [2.24, 2.45) is 5.92 Å². The van der Waals surface area contributed by atoms with Crippen LogP contribution in [-0.2, 0) is 0 Å². The summed E-state index contributed by atoms with van der Waals surface area (Å²) in [5, 5.41) is 2.94. The minimum atomic E-state index is -0.0919. The van der Waals surface area contributed by atoms with E-state index in [2.05, 4.69) is 10.3 Å². The first-order valence-electron chi connectivity index (χ1n) is 6.75. The summed E-state index contributed by atoms with van der Waals surface area (Å²) in [5.41, 5.74) is 6.67. The maximum absolute atomic E-state index is 11.9. The van der Waals surface area contributed by atoms with Gasteiger partial charge in [0.05, 0.1) is 17.4 Å². The van der Waals surface area contributed by atoms with Crippen molar-refractivity contribution in [2.75, 3.05) is 12.3 Å². The smallest absolute Gasteiger partial charge is 0.253 e. The van der Waals surface area contributed by atoms with Crippen LogP contribution in [0.25, 0.3) is 0 Å². The first kappa shape index (κ1) is 12.9. The van der Waals surface area contributed by atoms with Crippen molar-refractivity contribution >= 4 is 11.6 Å². The Balaban J connectivity index is 1.76. The Morgan fingerprint density at radius 2 is 2.17 bits per heavy atom. The monoisotopic (exact) mass is 247 g/mol. The van der Waals surface area contributed by atoms with Crippen molar-refractivity contribution in [3.05, 3.63) is 24.0 Å². The highest BCUT2D eigenvalue weighted by Gasteiger charge is 2.14. The number of hydrogen-bond donors (Lipinski definition) is 2. The third-order valence-electron chi connectivity index (χ3n) is 3.66. The van der Waals surface area contributed by atoms with E-state index in [1.807, 2.05) is 0 Å². The average Bonchev–Trinajstić information content (AvgIpc) is 2.40. The predicted molar refractivity (Wildman–Crippen MR) is 72.2 cm³/mol. The number of rotatable bonds is 4. The maximum Gasteiger partial charge on any atom is 0.253 e. The molecule has 1 saturated carbocycles. The van der Waals surface area contributed by atoms with Crippen LogP contribution in [0.3, 0.4) is 0 Å². The molecule has 1 aliphatic rings. The molecule has 0 unspecified atom stereocenters. The van der Waals surface area contributed by atoms with Crippen LogP contribution in [0.4, 0.5) is 5.69 Å². The predicted octanol–water partition coefficient (Wildman–Crippen LogP) is 2.36. The highest BCUT2D eigenvalue weighted by atomic mass is 16.1. The molecule has 0 aromatic carbocycles. The zero-order valence-electron chi connectivity index (χ0n) is 10.7. The summed E-state index contributed by atoms with van der Waals surface area (Å²) in [6, 6.07) is 1.66. The summed E-state index contributed by atoms with van der Waals surface area (Å²) in [6.07, 6.45) is 10.9. The summed E-state index contributed by atoms with van der Waals surface area (Å²) in [7, 11) is 0. The van der Waals surface area contributed by atoms with Crippen LogP contribution in [0.1, 0.15) is 48.9 Å². The van der Waals surface area contributed by atoms with E-state index in [1.54, 1.807) is 12.3 Å². The van der Waals surface area contributed by atoms with Crippen molar-refractivity contribution in [1.82, 2.24) is 10.3 Å². The van der Waals surface area contributed by atoms with Crippen molar-refractivity contribution in [1.29, 1.82) is 0 Å². The highest BCUT2D eigenvalue weighted by molar-refractivity contribution is 5.98. The number of nitrogen functional groups attached to an aromatic ring is 1. The van der Waals surface area contributed by atoms with Crippen LogP contribution in [0.15, 0.2) is 18.5 Å². The van der Waals surface area contributed by atoms with Crippen molar-refractivity contribution in [3.63, 3.8) is 0 Å². The van der Waals surface area contributed by atoms with E-state index >= 15 is 0 Å². The Labute approximate surface area is 108 Å². The van der Waals surface area contributed by atoms with Crippen LogP contribution >= 0.6 is 0 Å². The van der Waals surface area contributed by atoms with Gasteiger partial charge in [0.25, 0.3) is 5.91 Å². The molecule has 1 aromatic heterocycles. The second kappa shape index (κ2) is 6.38. The van der Waals surface area contributed by atoms with E-state index in [-0.39, 0.29) is 5.91 Å². The standard InChI is InChI=1S/C14H21N3O/c15-13-10-16-8-7-12(13)14(18)17-9-6-11-4-2-1-3-5-11/h7-8,10-11H,1-6,9,15H2,(H,17,18). The number of anilines is 1. The summed E-state index contributed by atoms with van der Waals surface area (Å²) < 4.78 is 0. The molecule has 0 spiro atoms. The summed E-state index contributed by atoms with van der Waals surface area (Å²) in [4.78, 5) is 15.8. The first-order chi connectivity index (χ1) is 8.77. The summed E-state index contributed by atoms with van der Waals surface area (Å²) in [5.74, 6) is 0.694. The van der Waals surface area contributed by atoms with E-state index in [1.165, 1.54) is 38.3 Å². The first-order valence-corrected chi connectivity index (χ1v) is 6.75. The molecule has 1 heterocycles. The Kier molecular flexibility index (Phi) is 4.56. The lowest BCUT2D eigenvalue weighted by molar-refractivity contribution is 0.0951. The molecule has 1 amide bonds. The fourth-order valence-corrected chi connectivity index (χ4v) is 2.57. The van der Waals surface area contributed by atoms with Gasteiger partial charge >= 0.3 is 0 Å². The quantitative estimate of drug-likeness (QED) is 0.858. The van der Waals surface area contributed by atoms with Crippen LogP contribution in [0, 0.1) is 5.92 Å². The molecule has 4 heteroatoms. The third-order valence-corrected chi connectivity index (χ3v) is 3.66. The van der Waals surface area contributed by atoms with E-state index in [4.69, 9.17) is 5.73 Å². The number of carbonyl (C=O) groups is 1. The molecule has 4 nitrogen and oxygen atoms in total. The van der Waals surface area contributed by atoms with Gasteiger partial charge in [0.15, 0.2) is 0 Å². The number of aromatic nitrogens is 1. The normalized spacial score (nSPS) is 16.4. The molecule has 1 fully saturated rings. The molecule has 0 aliphatic heterocycles. The lowest BCUT2D eigenvalue weighted by atomic mass is 9.87. The van der Waals surface area contributed by atoms with Crippen LogP contribution in [-0.4, -0.2) is 17.4 Å². The molecular weight excluding hydrogens is 226 g/mol. The molecule has 0 atom stereocenters. The van der Waals surface area contributed by atoms with Gasteiger partial charge in [-0.05, 0) is 18.4 Å². The zero-order chi connectivity index (χ0) is 12.8. The number of amides is 1. The van der Waals surface area contributed by atoms with Gasteiger partial charge in [0.2, 0.25) is 0 Å². The third kappa shape index (κ3) is 3.45. The number of nitrogens with two attached hydrogens (primary N) is 1.